The number of carbonyl (C=O) groups excluding carboxylic acids is 1. The van der Waals surface area contributed by atoms with Gasteiger partial charge in [0.05, 0.1) is 31.6 Å². The van der Waals surface area contributed by atoms with E-state index < -0.39 is 0 Å². The van der Waals surface area contributed by atoms with Gasteiger partial charge in [0, 0.05) is 18.0 Å². The molecule has 2 aromatic rings. The number of amides is 1. The van der Waals surface area contributed by atoms with Crippen molar-refractivity contribution in [3.05, 3.63) is 45.1 Å². The van der Waals surface area contributed by atoms with Gasteiger partial charge in [0.25, 0.3) is 0 Å². The van der Waals surface area contributed by atoms with Crippen molar-refractivity contribution in [2.45, 2.75) is 25.4 Å². The number of likely N-dealkylation sites (tertiary alicyclic amines) is 1. The molecule has 0 unspecified atom stereocenters. The Hall–Kier alpha value is -1.76. The van der Waals surface area contributed by atoms with Crippen LogP contribution < -0.4 is 9.47 Å². The van der Waals surface area contributed by atoms with Gasteiger partial charge in [0.15, 0.2) is 11.5 Å². The SMILES string of the molecule is COc1ccc([C@@H]2CCCN2CC(=O)N(C)Cc2ccc(Cl)s2)cc1OC. The largest absolute Gasteiger partial charge is 0.493 e. The van der Waals surface area contributed by atoms with Crippen LogP contribution in [0.15, 0.2) is 30.3 Å². The second-order valence-electron chi connectivity index (χ2n) is 6.70. The van der Waals surface area contributed by atoms with Gasteiger partial charge in [0.2, 0.25) is 5.91 Å². The summed E-state index contributed by atoms with van der Waals surface area (Å²) in [7, 11) is 5.12. The Bertz CT molecular complexity index is 795. The molecule has 1 aromatic carbocycles. The van der Waals surface area contributed by atoms with E-state index in [0.717, 1.165) is 45.7 Å². The lowest BCUT2D eigenvalue weighted by Gasteiger charge is -2.27. The van der Waals surface area contributed by atoms with Crippen LogP contribution in [-0.4, -0.2) is 50.1 Å². The predicted octanol–water partition coefficient (Wildman–Crippen LogP) is 4.21. The molecule has 1 atom stereocenters. The number of halogens is 1. The van der Waals surface area contributed by atoms with Crippen molar-refractivity contribution in [1.29, 1.82) is 0 Å². The van der Waals surface area contributed by atoms with Crippen molar-refractivity contribution in [2.75, 3.05) is 34.4 Å². The normalized spacial score (nSPS) is 17.1. The standard InChI is InChI=1S/C20H25ClN2O3S/c1-22(12-15-7-9-19(21)27-15)20(24)13-23-10-4-5-16(23)14-6-8-17(25-2)18(11-14)26-3/h6-9,11,16H,4-5,10,12-13H2,1-3H3/t16-/m0/s1. The van der Waals surface area contributed by atoms with E-state index in [1.165, 1.54) is 11.3 Å². The van der Waals surface area contributed by atoms with E-state index >= 15 is 0 Å². The molecular weight excluding hydrogens is 384 g/mol. The molecule has 1 saturated heterocycles. The van der Waals surface area contributed by atoms with E-state index in [0.29, 0.717) is 13.1 Å². The van der Waals surface area contributed by atoms with Gasteiger partial charge in [-0.2, -0.15) is 0 Å². The quantitative estimate of drug-likeness (QED) is 0.688. The summed E-state index contributed by atoms with van der Waals surface area (Å²) in [5.41, 5.74) is 1.16. The third kappa shape index (κ3) is 4.75. The molecule has 0 bridgehead atoms. The number of benzene rings is 1. The second-order valence-corrected chi connectivity index (χ2v) is 8.50. The van der Waals surface area contributed by atoms with Crippen LogP contribution in [0, 0.1) is 0 Å². The van der Waals surface area contributed by atoms with E-state index in [1.807, 2.05) is 31.3 Å². The number of hydrogen-bond acceptors (Lipinski definition) is 5. The average molecular weight is 409 g/mol. The smallest absolute Gasteiger partial charge is 0.236 e. The summed E-state index contributed by atoms with van der Waals surface area (Å²) in [5.74, 6) is 1.56. The number of methoxy groups -OCH3 is 2. The van der Waals surface area contributed by atoms with Crippen LogP contribution in [0.3, 0.4) is 0 Å². The zero-order chi connectivity index (χ0) is 19.4. The van der Waals surface area contributed by atoms with Gasteiger partial charge in [-0.3, -0.25) is 9.69 Å². The fourth-order valence-electron chi connectivity index (χ4n) is 3.51. The Balaban J connectivity index is 1.66. The number of thiophene rings is 1. The zero-order valence-electron chi connectivity index (χ0n) is 15.9. The van der Waals surface area contributed by atoms with E-state index in [4.69, 9.17) is 21.1 Å². The van der Waals surface area contributed by atoms with Gasteiger partial charge in [0.1, 0.15) is 0 Å². The molecule has 0 N–H and O–H groups in total. The molecule has 1 amide bonds. The maximum absolute atomic E-state index is 12.7. The predicted molar refractivity (Wildman–Crippen MR) is 109 cm³/mol. The lowest BCUT2D eigenvalue weighted by Crippen LogP contribution is -2.37. The highest BCUT2D eigenvalue weighted by molar-refractivity contribution is 7.16. The molecule has 1 aromatic heterocycles. The van der Waals surface area contributed by atoms with Crippen molar-refractivity contribution in [2.24, 2.45) is 0 Å². The summed E-state index contributed by atoms with van der Waals surface area (Å²) in [6.07, 6.45) is 2.11. The molecule has 146 valence electrons. The van der Waals surface area contributed by atoms with Gasteiger partial charge in [-0.25, -0.2) is 0 Å². The van der Waals surface area contributed by atoms with Crippen LogP contribution in [0.1, 0.15) is 29.3 Å². The van der Waals surface area contributed by atoms with E-state index in [-0.39, 0.29) is 11.9 Å². The van der Waals surface area contributed by atoms with Crippen LogP contribution in [0.2, 0.25) is 4.34 Å². The number of nitrogens with zero attached hydrogens (tertiary/aromatic N) is 2. The maximum Gasteiger partial charge on any atom is 0.236 e. The molecule has 0 radical (unpaired) electrons. The van der Waals surface area contributed by atoms with E-state index in [2.05, 4.69) is 11.0 Å². The van der Waals surface area contributed by atoms with E-state index in [1.54, 1.807) is 19.1 Å². The Morgan fingerprint density at radius 3 is 2.70 bits per heavy atom. The molecule has 27 heavy (non-hydrogen) atoms. The van der Waals surface area contributed by atoms with Crippen LogP contribution in [0.4, 0.5) is 0 Å². The number of hydrogen-bond donors (Lipinski definition) is 0. The molecule has 3 rings (SSSR count). The number of likely N-dealkylation sites (N-methyl/N-ethyl adjacent to an activating group) is 1. The minimum Gasteiger partial charge on any atom is -0.493 e. The van der Waals surface area contributed by atoms with Crippen molar-refractivity contribution in [3.8, 4) is 11.5 Å². The monoisotopic (exact) mass is 408 g/mol. The van der Waals surface area contributed by atoms with Gasteiger partial charge in [-0.05, 0) is 49.2 Å². The fraction of sp³-hybridized carbons (Fsp3) is 0.450. The van der Waals surface area contributed by atoms with Crippen molar-refractivity contribution >= 4 is 28.8 Å². The molecule has 0 aliphatic carbocycles. The minimum atomic E-state index is 0.117. The van der Waals surface area contributed by atoms with Crippen LogP contribution in [0.25, 0.3) is 0 Å². The zero-order valence-corrected chi connectivity index (χ0v) is 17.5. The number of carbonyl (C=O) groups is 1. The van der Waals surface area contributed by atoms with Crippen molar-refractivity contribution in [1.82, 2.24) is 9.80 Å². The van der Waals surface area contributed by atoms with Crippen LogP contribution in [-0.2, 0) is 11.3 Å². The summed E-state index contributed by atoms with van der Waals surface area (Å²) in [5, 5.41) is 0. The summed E-state index contributed by atoms with van der Waals surface area (Å²) >= 11 is 7.50. The third-order valence-electron chi connectivity index (χ3n) is 4.94. The highest BCUT2D eigenvalue weighted by Crippen LogP contribution is 2.36. The molecule has 1 aliphatic heterocycles. The van der Waals surface area contributed by atoms with Crippen LogP contribution in [0.5, 0.6) is 11.5 Å². The molecule has 1 aliphatic rings. The van der Waals surface area contributed by atoms with E-state index in [9.17, 15) is 4.79 Å². The number of ether oxygens (including phenoxy) is 2. The summed E-state index contributed by atoms with van der Waals surface area (Å²) in [4.78, 5) is 17.8. The van der Waals surface area contributed by atoms with Gasteiger partial charge in [-0.1, -0.05) is 17.7 Å². The van der Waals surface area contributed by atoms with Crippen molar-refractivity contribution < 1.29 is 14.3 Å². The van der Waals surface area contributed by atoms with Gasteiger partial charge < -0.3 is 14.4 Å². The van der Waals surface area contributed by atoms with Gasteiger partial charge in [-0.15, -0.1) is 11.3 Å². The number of rotatable bonds is 7. The fourth-order valence-corrected chi connectivity index (χ4v) is 4.65. The average Bonchev–Trinajstić information content (AvgIpc) is 3.29. The first kappa shape index (κ1) is 20.0. The topological polar surface area (TPSA) is 42.0 Å². The maximum atomic E-state index is 12.7. The molecule has 5 nitrogen and oxygen atoms in total. The molecule has 7 heteroatoms. The lowest BCUT2D eigenvalue weighted by atomic mass is 10.0. The van der Waals surface area contributed by atoms with Gasteiger partial charge >= 0.3 is 0 Å². The first-order valence-corrected chi connectivity index (χ1v) is 10.2. The van der Waals surface area contributed by atoms with Crippen LogP contribution >= 0.6 is 22.9 Å². The summed E-state index contributed by atoms with van der Waals surface area (Å²) < 4.78 is 11.5. The first-order chi connectivity index (χ1) is 13.0. The first-order valence-electron chi connectivity index (χ1n) is 8.96. The Morgan fingerprint density at radius 1 is 1.26 bits per heavy atom. The highest BCUT2D eigenvalue weighted by Gasteiger charge is 2.29. The summed E-state index contributed by atoms with van der Waals surface area (Å²) in [6, 6.07) is 10.1. The summed E-state index contributed by atoms with van der Waals surface area (Å²) in [6.45, 7) is 1.92. The second kappa shape index (κ2) is 8.95. The molecular formula is C20H25ClN2O3S. The van der Waals surface area contributed by atoms with Crippen molar-refractivity contribution in [3.63, 3.8) is 0 Å². The molecule has 1 fully saturated rings. The Kier molecular flexibility index (Phi) is 6.63. The highest BCUT2D eigenvalue weighted by atomic mass is 35.5. The molecule has 0 spiro atoms. The Morgan fingerprint density at radius 2 is 2.04 bits per heavy atom. The Labute approximate surface area is 169 Å². The molecule has 0 saturated carbocycles. The third-order valence-corrected chi connectivity index (χ3v) is 6.16. The lowest BCUT2D eigenvalue weighted by molar-refractivity contribution is -0.131. The minimum absolute atomic E-state index is 0.117. The molecule has 2 heterocycles.